The van der Waals surface area contributed by atoms with E-state index in [-0.39, 0.29) is 24.1 Å². The Morgan fingerprint density at radius 1 is 1.17 bits per heavy atom. The van der Waals surface area contributed by atoms with E-state index >= 15 is 0 Å². The van der Waals surface area contributed by atoms with Gasteiger partial charge in [0.2, 0.25) is 11.9 Å². The summed E-state index contributed by atoms with van der Waals surface area (Å²) < 4.78 is 7.50. The minimum absolute atomic E-state index is 0.0333. The zero-order chi connectivity index (χ0) is 25.8. The molecule has 0 saturated carbocycles. The Morgan fingerprint density at radius 3 is 2.58 bits per heavy atom. The maximum atomic E-state index is 12.8. The van der Waals surface area contributed by atoms with E-state index in [1.165, 1.54) is 0 Å². The van der Waals surface area contributed by atoms with Crippen molar-refractivity contribution in [1.29, 1.82) is 0 Å². The van der Waals surface area contributed by atoms with Crippen molar-refractivity contribution in [3.63, 3.8) is 0 Å². The van der Waals surface area contributed by atoms with Gasteiger partial charge in [-0.2, -0.15) is 14.6 Å². The molecule has 196 valence electrons. The molecule has 2 aromatic heterocycles. The Balaban J connectivity index is 1.26. The van der Waals surface area contributed by atoms with Crippen LogP contribution in [-0.2, 0) is 9.53 Å². The first-order chi connectivity index (χ1) is 17.2. The molecule has 2 saturated heterocycles. The van der Waals surface area contributed by atoms with Crippen LogP contribution in [-0.4, -0.2) is 105 Å². The Labute approximate surface area is 212 Å². The third kappa shape index (κ3) is 6.13. The van der Waals surface area contributed by atoms with Crippen LogP contribution >= 0.6 is 0 Å². The molecule has 4 heterocycles. The van der Waals surface area contributed by atoms with Gasteiger partial charge in [-0.15, -0.1) is 0 Å². The summed E-state index contributed by atoms with van der Waals surface area (Å²) >= 11 is 0. The zero-order valence-electron chi connectivity index (χ0n) is 22.0. The lowest BCUT2D eigenvalue weighted by Crippen LogP contribution is -2.44. The molecule has 2 fully saturated rings. The van der Waals surface area contributed by atoms with Gasteiger partial charge in [0.25, 0.3) is 0 Å². The van der Waals surface area contributed by atoms with Crippen LogP contribution in [0.5, 0.6) is 0 Å². The summed E-state index contributed by atoms with van der Waals surface area (Å²) in [6, 6.07) is 0.173. The molecular weight excluding hydrogens is 460 g/mol. The number of aryl methyl sites for hydroxylation is 1. The Hall–Kier alpha value is -3.21. The molecule has 0 radical (unpaired) electrons. The fourth-order valence-corrected chi connectivity index (χ4v) is 4.60. The molecule has 11 heteroatoms. The van der Waals surface area contributed by atoms with Crippen LogP contribution in [0.2, 0.25) is 0 Å². The summed E-state index contributed by atoms with van der Waals surface area (Å²) in [5, 5.41) is 8.01. The lowest BCUT2D eigenvalue weighted by Gasteiger charge is -2.32. The van der Waals surface area contributed by atoms with Crippen LogP contribution in [0, 0.1) is 6.92 Å². The standard InChI is InChI=1S/C25H38N8O3/c1-17(2)21-15-26-33-23(21)27-18(3)28-24(33)29-19-8-12-31(13-9-19)25(35)36-20-10-14-32(16-20)22(34)7-6-11-30(4)5/h6-7,15,17,19-20H,8-14,16H2,1-5H3,(H,27,28,29)/b7-6+/t20-/m0/s1. The van der Waals surface area contributed by atoms with Crippen LogP contribution in [0.3, 0.4) is 0 Å². The van der Waals surface area contributed by atoms with Gasteiger partial charge >= 0.3 is 6.09 Å². The predicted octanol–water partition coefficient (Wildman–Crippen LogP) is 2.29. The number of hydrogen-bond acceptors (Lipinski definition) is 8. The monoisotopic (exact) mass is 498 g/mol. The summed E-state index contributed by atoms with van der Waals surface area (Å²) in [6.45, 7) is 9.10. The van der Waals surface area contributed by atoms with Crippen LogP contribution in [0.15, 0.2) is 18.3 Å². The van der Waals surface area contributed by atoms with E-state index in [4.69, 9.17) is 4.74 Å². The molecular formula is C25H38N8O3. The first kappa shape index (κ1) is 25.9. The molecule has 2 aliphatic rings. The van der Waals surface area contributed by atoms with Crippen molar-refractivity contribution in [2.24, 2.45) is 0 Å². The van der Waals surface area contributed by atoms with Crippen molar-refractivity contribution in [3.8, 4) is 0 Å². The van der Waals surface area contributed by atoms with Gasteiger partial charge in [0.05, 0.1) is 12.7 Å². The third-order valence-corrected chi connectivity index (χ3v) is 6.67. The molecule has 2 aliphatic heterocycles. The summed E-state index contributed by atoms with van der Waals surface area (Å²) in [6.07, 6.45) is 6.98. The van der Waals surface area contributed by atoms with E-state index in [1.54, 1.807) is 20.4 Å². The SMILES string of the molecule is Cc1nc(NC2CCN(C(=O)O[C@H]3CCN(C(=O)/C=C/CN(C)C)C3)CC2)n2ncc(C(C)C)c2n1. The van der Waals surface area contributed by atoms with Gasteiger partial charge in [-0.3, -0.25) is 4.79 Å². The molecule has 2 aromatic rings. The summed E-state index contributed by atoms with van der Waals surface area (Å²) in [7, 11) is 3.91. The Morgan fingerprint density at radius 2 is 1.89 bits per heavy atom. The highest BCUT2D eigenvalue weighted by Crippen LogP contribution is 2.23. The number of anilines is 1. The van der Waals surface area contributed by atoms with Crippen molar-refractivity contribution in [3.05, 3.63) is 29.7 Å². The number of nitrogens with one attached hydrogen (secondary N) is 1. The fourth-order valence-electron chi connectivity index (χ4n) is 4.60. The van der Waals surface area contributed by atoms with Crippen molar-refractivity contribution in [2.75, 3.05) is 52.1 Å². The van der Waals surface area contributed by atoms with Crippen molar-refractivity contribution < 1.29 is 14.3 Å². The van der Waals surface area contributed by atoms with Crippen LogP contribution in [0.4, 0.5) is 10.7 Å². The number of carbonyl (C=O) groups excluding carboxylic acids is 2. The van der Waals surface area contributed by atoms with E-state index in [9.17, 15) is 9.59 Å². The molecule has 36 heavy (non-hydrogen) atoms. The molecule has 0 unspecified atom stereocenters. The van der Waals surface area contributed by atoms with Crippen LogP contribution in [0.1, 0.15) is 50.4 Å². The maximum absolute atomic E-state index is 12.8. The normalized spacial score (nSPS) is 19.2. The Bertz CT molecular complexity index is 1100. The number of aromatic nitrogens is 4. The van der Waals surface area contributed by atoms with Gasteiger partial charge in [-0.1, -0.05) is 19.9 Å². The first-order valence-electron chi connectivity index (χ1n) is 12.8. The minimum Gasteiger partial charge on any atom is -0.444 e. The number of piperidine rings is 1. The highest BCUT2D eigenvalue weighted by Gasteiger charge is 2.31. The smallest absolute Gasteiger partial charge is 0.410 e. The van der Waals surface area contributed by atoms with Crippen LogP contribution in [0.25, 0.3) is 5.65 Å². The van der Waals surface area contributed by atoms with Gasteiger partial charge in [-0.05, 0) is 39.8 Å². The number of ether oxygens (including phenoxy) is 1. The number of fused-ring (bicyclic) bond motifs is 1. The lowest BCUT2D eigenvalue weighted by molar-refractivity contribution is -0.125. The minimum atomic E-state index is -0.301. The molecule has 2 amide bonds. The van der Waals surface area contributed by atoms with E-state index < -0.39 is 0 Å². The molecule has 4 rings (SSSR count). The van der Waals surface area contributed by atoms with Gasteiger partial charge in [-0.25, -0.2) is 9.78 Å². The van der Waals surface area contributed by atoms with Gasteiger partial charge in [0.15, 0.2) is 5.65 Å². The molecule has 11 nitrogen and oxygen atoms in total. The number of likely N-dealkylation sites (tertiary alicyclic amines) is 2. The first-order valence-corrected chi connectivity index (χ1v) is 12.8. The molecule has 0 aliphatic carbocycles. The maximum Gasteiger partial charge on any atom is 0.410 e. The largest absolute Gasteiger partial charge is 0.444 e. The number of hydrogen-bond donors (Lipinski definition) is 1. The fraction of sp³-hybridized carbons (Fsp3) is 0.640. The summed E-state index contributed by atoms with van der Waals surface area (Å²) in [5.74, 6) is 1.67. The summed E-state index contributed by atoms with van der Waals surface area (Å²) in [4.78, 5) is 39.7. The Kier molecular flexibility index (Phi) is 8.07. The molecule has 1 N–H and O–H groups in total. The number of likely N-dealkylation sites (N-methyl/N-ethyl adjacent to an activating group) is 1. The number of rotatable bonds is 7. The van der Waals surface area contributed by atoms with E-state index in [0.717, 1.165) is 24.1 Å². The number of amides is 2. The van der Waals surface area contributed by atoms with Crippen molar-refractivity contribution >= 4 is 23.6 Å². The quantitative estimate of drug-likeness (QED) is 0.580. The van der Waals surface area contributed by atoms with Crippen LogP contribution < -0.4 is 5.32 Å². The lowest BCUT2D eigenvalue weighted by atomic mass is 10.1. The van der Waals surface area contributed by atoms with E-state index in [2.05, 4.69) is 34.2 Å². The van der Waals surface area contributed by atoms with Gasteiger partial charge in [0.1, 0.15) is 11.9 Å². The van der Waals surface area contributed by atoms with E-state index in [1.807, 2.05) is 38.2 Å². The van der Waals surface area contributed by atoms with E-state index in [0.29, 0.717) is 56.8 Å². The third-order valence-electron chi connectivity index (χ3n) is 6.67. The number of nitrogens with zero attached hydrogens (tertiary/aromatic N) is 7. The second-order valence-electron chi connectivity index (χ2n) is 10.2. The highest BCUT2D eigenvalue weighted by atomic mass is 16.6. The van der Waals surface area contributed by atoms with Gasteiger partial charge in [0, 0.05) is 50.3 Å². The molecule has 0 spiro atoms. The average Bonchev–Trinajstić information content (AvgIpc) is 3.46. The molecule has 1 atom stereocenters. The second-order valence-corrected chi connectivity index (χ2v) is 10.2. The topological polar surface area (TPSA) is 108 Å². The number of carbonyl (C=O) groups is 2. The van der Waals surface area contributed by atoms with Gasteiger partial charge < -0.3 is 24.8 Å². The second kappa shape index (κ2) is 11.2. The average molecular weight is 499 g/mol. The zero-order valence-corrected chi connectivity index (χ0v) is 22.0. The summed E-state index contributed by atoms with van der Waals surface area (Å²) in [5.41, 5.74) is 1.93. The molecule has 0 aromatic carbocycles. The molecule has 0 bridgehead atoms. The van der Waals surface area contributed by atoms with Crippen molar-refractivity contribution in [2.45, 2.75) is 58.1 Å². The highest BCUT2D eigenvalue weighted by molar-refractivity contribution is 5.87. The predicted molar refractivity (Wildman–Crippen MR) is 137 cm³/mol. The van der Waals surface area contributed by atoms with Crippen molar-refractivity contribution in [1.82, 2.24) is 34.3 Å².